The molecule has 0 amide bonds. The van der Waals surface area contributed by atoms with Gasteiger partial charge in [-0.05, 0) is 39.0 Å². The van der Waals surface area contributed by atoms with Crippen molar-refractivity contribution in [1.82, 2.24) is 10.1 Å². The number of hydrogen-bond donors (Lipinski definition) is 1. The van der Waals surface area contributed by atoms with Crippen molar-refractivity contribution in [2.45, 2.75) is 65.2 Å². The van der Waals surface area contributed by atoms with Gasteiger partial charge in [-0.3, -0.25) is 0 Å². The van der Waals surface area contributed by atoms with E-state index in [1.54, 1.807) is 0 Å². The number of anilines is 2. The van der Waals surface area contributed by atoms with E-state index >= 15 is 0 Å². The fourth-order valence-corrected chi connectivity index (χ4v) is 3.26. The van der Waals surface area contributed by atoms with Crippen LogP contribution in [0.4, 0.5) is 15.8 Å². The van der Waals surface area contributed by atoms with E-state index in [4.69, 9.17) is 9.26 Å². The minimum atomic E-state index is -0.255. The standard InChI is InChI=1S/C20H29FN4O2/c1-12-10-25(11-13(2)26-12)17-8-7-15(9-16(17)21)22-14(3)18-23-19(24-27-18)20(4,5)6/h7-9,12-14,22H,10-11H2,1-6H3. The molecule has 2 aromatic rings. The molecule has 1 N–H and O–H groups in total. The largest absolute Gasteiger partial charge is 0.374 e. The molecule has 1 fully saturated rings. The Morgan fingerprint density at radius 3 is 2.44 bits per heavy atom. The lowest BCUT2D eigenvalue weighted by Crippen LogP contribution is -2.45. The predicted molar refractivity (Wildman–Crippen MR) is 104 cm³/mol. The summed E-state index contributed by atoms with van der Waals surface area (Å²) in [6, 6.07) is 4.98. The second-order valence-corrected chi connectivity index (χ2v) is 8.40. The van der Waals surface area contributed by atoms with Gasteiger partial charge in [0, 0.05) is 24.2 Å². The lowest BCUT2D eigenvalue weighted by atomic mass is 9.96. The predicted octanol–water partition coefficient (Wildman–Crippen LogP) is 4.29. The molecule has 148 valence electrons. The Kier molecular flexibility index (Phi) is 5.42. The third-order valence-electron chi connectivity index (χ3n) is 4.57. The molecule has 1 saturated heterocycles. The number of nitrogens with one attached hydrogen (secondary N) is 1. The monoisotopic (exact) mass is 376 g/mol. The third kappa shape index (κ3) is 4.58. The highest BCUT2D eigenvalue weighted by Gasteiger charge is 2.25. The van der Waals surface area contributed by atoms with Crippen LogP contribution in [0.3, 0.4) is 0 Å². The van der Waals surface area contributed by atoms with E-state index in [9.17, 15) is 4.39 Å². The van der Waals surface area contributed by atoms with Gasteiger partial charge in [-0.2, -0.15) is 4.98 Å². The van der Waals surface area contributed by atoms with Crippen molar-refractivity contribution in [2.24, 2.45) is 0 Å². The molecule has 1 aliphatic heterocycles. The van der Waals surface area contributed by atoms with E-state index in [2.05, 4.69) is 15.5 Å². The summed E-state index contributed by atoms with van der Waals surface area (Å²) in [4.78, 5) is 6.49. The first-order valence-corrected chi connectivity index (χ1v) is 9.44. The number of nitrogens with zero attached hydrogens (tertiary/aromatic N) is 3. The first-order chi connectivity index (χ1) is 12.6. The highest BCUT2D eigenvalue weighted by atomic mass is 19.1. The number of ether oxygens (including phenoxy) is 1. The third-order valence-corrected chi connectivity index (χ3v) is 4.57. The molecule has 27 heavy (non-hydrogen) atoms. The molecule has 1 aromatic heterocycles. The SMILES string of the molecule is CC1CN(c2ccc(NC(C)c3nc(C(C)(C)C)no3)cc2F)CC(C)O1. The molecular formula is C20H29FN4O2. The average Bonchev–Trinajstić information content (AvgIpc) is 3.04. The minimum Gasteiger partial charge on any atom is -0.374 e. The van der Waals surface area contributed by atoms with Crippen LogP contribution >= 0.6 is 0 Å². The topological polar surface area (TPSA) is 63.4 Å². The Balaban J connectivity index is 1.71. The summed E-state index contributed by atoms with van der Waals surface area (Å²) in [5.74, 6) is 0.887. The van der Waals surface area contributed by atoms with E-state index < -0.39 is 0 Å². The van der Waals surface area contributed by atoms with Crippen LogP contribution < -0.4 is 10.2 Å². The number of benzene rings is 1. The van der Waals surface area contributed by atoms with Gasteiger partial charge < -0.3 is 19.5 Å². The van der Waals surface area contributed by atoms with Crippen LogP contribution in [0.5, 0.6) is 0 Å². The van der Waals surface area contributed by atoms with Crippen molar-refractivity contribution in [1.29, 1.82) is 0 Å². The van der Waals surface area contributed by atoms with Crippen molar-refractivity contribution in [3.63, 3.8) is 0 Å². The van der Waals surface area contributed by atoms with E-state index in [1.165, 1.54) is 6.07 Å². The molecule has 3 atom stereocenters. The molecular weight excluding hydrogens is 347 g/mol. The maximum atomic E-state index is 14.7. The molecule has 0 bridgehead atoms. The second kappa shape index (κ2) is 7.46. The molecule has 1 aliphatic rings. The highest BCUT2D eigenvalue weighted by molar-refractivity contribution is 5.57. The molecule has 0 saturated carbocycles. The first kappa shape index (κ1) is 19.6. The van der Waals surface area contributed by atoms with Crippen molar-refractivity contribution >= 4 is 11.4 Å². The lowest BCUT2D eigenvalue weighted by molar-refractivity contribution is -0.00539. The summed E-state index contributed by atoms with van der Waals surface area (Å²) in [6.45, 7) is 13.4. The molecule has 0 radical (unpaired) electrons. The molecule has 7 heteroatoms. The van der Waals surface area contributed by atoms with Crippen LogP contribution in [-0.2, 0) is 10.2 Å². The van der Waals surface area contributed by atoms with Gasteiger partial charge in [0.25, 0.3) is 0 Å². The maximum Gasteiger partial charge on any atom is 0.248 e. The molecule has 3 unspecified atom stereocenters. The number of hydrogen-bond acceptors (Lipinski definition) is 6. The molecule has 1 aromatic carbocycles. The van der Waals surface area contributed by atoms with Gasteiger partial charge in [-0.15, -0.1) is 0 Å². The van der Waals surface area contributed by atoms with Crippen molar-refractivity contribution in [2.75, 3.05) is 23.3 Å². The molecule has 3 rings (SSSR count). The summed E-state index contributed by atoms with van der Waals surface area (Å²) in [6.07, 6.45) is 0.168. The highest BCUT2D eigenvalue weighted by Crippen LogP contribution is 2.28. The molecule has 2 heterocycles. The van der Waals surface area contributed by atoms with Crippen molar-refractivity contribution in [3.8, 4) is 0 Å². The number of aromatic nitrogens is 2. The average molecular weight is 376 g/mol. The van der Waals surface area contributed by atoms with E-state index in [-0.39, 0.29) is 29.5 Å². The van der Waals surface area contributed by atoms with Gasteiger partial charge in [0.1, 0.15) is 11.9 Å². The van der Waals surface area contributed by atoms with Gasteiger partial charge in [0.05, 0.1) is 17.9 Å². The van der Waals surface area contributed by atoms with Crippen LogP contribution in [0.15, 0.2) is 22.7 Å². The van der Waals surface area contributed by atoms with Crippen LogP contribution in [-0.4, -0.2) is 35.4 Å². The van der Waals surface area contributed by atoms with E-state index in [1.807, 2.05) is 58.6 Å². The Labute approximate surface area is 160 Å². The van der Waals surface area contributed by atoms with Crippen molar-refractivity contribution < 1.29 is 13.7 Å². The van der Waals surface area contributed by atoms with Gasteiger partial charge in [-0.25, -0.2) is 4.39 Å². The van der Waals surface area contributed by atoms with Crippen molar-refractivity contribution in [3.05, 3.63) is 35.7 Å². The van der Waals surface area contributed by atoms with E-state index in [0.29, 0.717) is 36.2 Å². The Bertz CT molecular complexity index is 777. The van der Waals surface area contributed by atoms with Gasteiger partial charge in [-0.1, -0.05) is 25.9 Å². The number of rotatable bonds is 4. The van der Waals surface area contributed by atoms with Gasteiger partial charge >= 0.3 is 0 Å². The van der Waals surface area contributed by atoms with Gasteiger partial charge in [0.15, 0.2) is 5.82 Å². The lowest BCUT2D eigenvalue weighted by Gasteiger charge is -2.37. The zero-order chi connectivity index (χ0) is 19.8. The van der Waals surface area contributed by atoms with Gasteiger partial charge in [0.2, 0.25) is 5.89 Å². The summed E-state index contributed by atoms with van der Waals surface area (Å²) >= 11 is 0. The zero-order valence-corrected chi connectivity index (χ0v) is 16.9. The number of halogens is 1. The van der Waals surface area contributed by atoms with E-state index in [0.717, 1.165) is 0 Å². The summed E-state index contributed by atoms with van der Waals surface area (Å²) in [5.41, 5.74) is 1.10. The van der Waals surface area contributed by atoms with Crippen LogP contribution in [0.25, 0.3) is 0 Å². The normalized spacial score (nSPS) is 22.0. The zero-order valence-electron chi connectivity index (χ0n) is 16.9. The van der Waals surface area contributed by atoms with Crippen LogP contribution in [0.2, 0.25) is 0 Å². The number of morpholine rings is 1. The fraction of sp³-hybridized carbons (Fsp3) is 0.600. The van der Waals surface area contributed by atoms with Crippen LogP contribution in [0.1, 0.15) is 59.3 Å². The summed E-state index contributed by atoms with van der Waals surface area (Å²) in [5, 5.41) is 7.27. The first-order valence-electron chi connectivity index (χ1n) is 9.44. The maximum absolute atomic E-state index is 14.7. The fourth-order valence-electron chi connectivity index (χ4n) is 3.26. The van der Waals surface area contributed by atoms with Crippen LogP contribution in [0, 0.1) is 5.82 Å². The molecule has 6 nitrogen and oxygen atoms in total. The summed E-state index contributed by atoms with van der Waals surface area (Å²) in [7, 11) is 0. The molecule has 0 aliphatic carbocycles. The molecule has 0 spiro atoms. The Morgan fingerprint density at radius 1 is 1.22 bits per heavy atom. The second-order valence-electron chi connectivity index (χ2n) is 8.40. The smallest absolute Gasteiger partial charge is 0.248 e. The minimum absolute atomic E-state index is 0.0838. The summed E-state index contributed by atoms with van der Waals surface area (Å²) < 4.78 is 25.8. The Hall–Kier alpha value is -2.15. The quantitative estimate of drug-likeness (QED) is 0.859. The Morgan fingerprint density at radius 2 is 1.89 bits per heavy atom.